The van der Waals surface area contributed by atoms with Crippen LogP contribution in [0.2, 0.25) is 15.1 Å². The summed E-state index contributed by atoms with van der Waals surface area (Å²) < 4.78 is 0. The molecular weight excluding hydrogens is 339 g/mol. The second-order valence-electron chi connectivity index (χ2n) is 4.13. The Morgan fingerprint density at radius 2 is 1.81 bits per heavy atom. The highest BCUT2D eigenvalue weighted by Crippen LogP contribution is 2.33. The molecule has 2 aromatic carbocycles. The average Bonchev–Trinajstić information content (AvgIpc) is 2.44. The van der Waals surface area contributed by atoms with Gasteiger partial charge < -0.3 is 10.4 Å². The maximum atomic E-state index is 11.0. The van der Waals surface area contributed by atoms with Gasteiger partial charge in [0.05, 0.1) is 21.0 Å². The van der Waals surface area contributed by atoms with Gasteiger partial charge in [-0.1, -0.05) is 34.8 Å². The highest BCUT2D eigenvalue weighted by atomic mass is 35.5. The molecule has 0 unspecified atom stereocenters. The van der Waals surface area contributed by atoms with Gasteiger partial charge in [-0.05, 0) is 24.3 Å². The number of hydrogen-bond donors (Lipinski definition) is 2. The molecule has 2 aromatic rings. The number of nitrogens with zero attached hydrogens (tertiary/aromatic N) is 1. The molecule has 5 nitrogen and oxygen atoms in total. The van der Waals surface area contributed by atoms with Gasteiger partial charge in [0.1, 0.15) is 11.4 Å². The Balaban J connectivity index is 2.29. The Labute approximate surface area is 135 Å². The normalized spacial score (nSPS) is 10.4. The lowest BCUT2D eigenvalue weighted by atomic mass is 10.2. The number of hydrogen-bond acceptors (Lipinski definition) is 4. The quantitative estimate of drug-likeness (QED) is 0.358. The van der Waals surface area contributed by atoms with E-state index in [-0.39, 0.29) is 28.7 Å². The van der Waals surface area contributed by atoms with E-state index in [1.165, 1.54) is 12.1 Å². The smallest absolute Gasteiger partial charge is 0.296 e. The first-order chi connectivity index (χ1) is 9.90. The van der Waals surface area contributed by atoms with Gasteiger partial charge in [0.25, 0.3) is 5.69 Å². The van der Waals surface area contributed by atoms with E-state index in [1.807, 2.05) is 0 Å². The summed E-state index contributed by atoms with van der Waals surface area (Å²) in [5.74, 6) is -0.189. The van der Waals surface area contributed by atoms with Crippen LogP contribution in [0.3, 0.4) is 0 Å². The number of nitro groups is 1. The van der Waals surface area contributed by atoms with Gasteiger partial charge in [-0.15, -0.1) is 0 Å². The number of phenols is 1. The van der Waals surface area contributed by atoms with E-state index in [9.17, 15) is 15.2 Å². The molecular formula is C13H9Cl3N2O3. The topological polar surface area (TPSA) is 75.4 Å². The van der Waals surface area contributed by atoms with E-state index in [1.54, 1.807) is 12.1 Å². The second kappa shape index (κ2) is 6.39. The molecule has 0 atom stereocenters. The van der Waals surface area contributed by atoms with Crippen LogP contribution < -0.4 is 5.32 Å². The summed E-state index contributed by atoms with van der Waals surface area (Å²) in [7, 11) is 0. The van der Waals surface area contributed by atoms with E-state index in [2.05, 4.69) is 5.32 Å². The molecule has 0 spiro atoms. The first-order valence-corrected chi connectivity index (χ1v) is 6.87. The summed E-state index contributed by atoms with van der Waals surface area (Å²) in [6.07, 6.45) is 0. The van der Waals surface area contributed by atoms with E-state index < -0.39 is 4.92 Å². The minimum absolute atomic E-state index is 0.157. The van der Waals surface area contributed by atoms with E-state index in [4.69, 9.17) is 34.8 Å². The highest BCUT2D eigenvalue weighted by Gasteiger charge is 2.16. The van der Waals surface area contributed by atoms with Crippen LogP contribution in [-0.2, 0) is 6.54 Å². The summed E-state index contributed by atoms with van der Waals surface area (Å²) in [4.78, 5) is 10.4. The summed E-state index contributed by atoms with van der Waals surface area (Å²) in [5, 5.41) is 24.2. The molecule has 0 bridgehead atoms. The molecule has 0 radical (unpaired) electrons. The van der Waals surface area contributed by atoms with Gasteiger partial charge in [-0.2, -0.15) is 0 Å². The van der Waals surface area contributed by atoms with Crippen LogP contribution in [0.15, 0.2) is 30.3 Å². The molecule has 0 fully saturated rings. The van der Waals surface area contributed by atoms with Crippen LogP contribution in [0.5, 0.6) is 5.75 Å². The summed E-state index contributed by atoms with van der Waals surface area (Å²) in [6, 6.07) is 6.97. The Hall–Kier alpha value is -1.69. The Morgan fingerprint density at radius 3 is 2.48 bits per heavy atom. The molecule has 0 aliphatic carbocycles. The van der Waals surface area contributed by atoms with Crippen LogP contribution in [0.1, 0.15) is 5.56 Å². The third kappa shape index (κ3) is 3.50. The summed E-state index contributed by atoms with van der Waals surface area (Å²) in [6.45, 7) is 0.157. The lowest BCUT2D eigenvalue weighted by molar-refractivity contribution is -0.384. The fraction of sp³-hybridized carbons (Fsp3) is 0.0769. The fourth-order valence-corrected chi connectivity index (χ4v) is 2.42. The third-order valence-corrected chi connectivity index (χ3v) is 3.97. The van der Waals surface area contributed by atoms with Crippen LogP contribution in [0, 0.1) is 10.1 Å². The van der Waals surface area contributed by atoms with Gasteiger partial charge in [0.2, 0.25) is 0 Å². The van der Waals surface area contributed by atoms with Crippen molar-refractivity contribution >= 4 is 46.2 Å². The largest absolute Gasteiger partial charge is 0.508 e. The number of phenolic OH excluding ortho intramolecular Hbond substituents is 1. The Morgan fingerprint density at radius 1 is 1.14 bits per heavy atom. The minimum Gasteiger partial charge on any atom is -0.508 e. The SMILES string of the molecule is O=[N+]([O-])c1cc(O)ccc1NCc1c(Cl)ccc(Cl)c1Cl. The molecule has 0 aromatic heterocycles. The first kappa shape index (κ1) is 15.7. The standard InChI is InChI=1S/C13H9Cl3N2O3/c14-9-2-3-10(15)13(16)8(9)6-17-11-4-1-7(19)5-12(11)18(20)21/h1-5,17,19H,6H2. The maximum Gasteiger partial charge on any atom is 0.296 e. The van der Waals surface area contributed by atoms with Gasteiger partial charge in [-0.25, -0.2) is 0 Å². The molecule has 0 aliphatic heterocycles. The molecule has 0 amide bonds. The average molecular weight is 348 g/mol. The number of nitro benzene ring substituents is 1. The summed E-state index contributed by atoms with van der Waals surface area (Å²) in [5.41, 5.74) is 0.530. The highest BCUT2D eigenvalue weighted by molar-refractivity contribution is 6.44. The molecule has 21 heavy (non-hydrogen) atoms. The van der Waals surface area contributed by atoms with Gasteiger partial charge >= 0.3 is 0 Å². The second-order valence-corrected chi connectivity index (χ2v) is 5.33. The van der Waals surface area contributed by atoms with Crippen LogP contribution in [0.25, 0.3) is 0 Å². The molecule has 0 heterocycles. The zero-order valence-corrected chi connectivity index (χ0v) is 12.7. The molecule has 8 heteroatoms. The number of aromatic hydroxyl groups is 1. The molecule has 110 valence electrons. The number of rotatable bonds is 4. The fourth-order valence-electron chi connectivity index (χ4n) is 1.74. The van der Waals surface area contributed by atoms with E-state index in [0.29, 0.717) is 15.6 Å². The van der Waals surface area contributed by atoms with Crippen LogP contribution in [0.4, 0.5) is 11.4 Å². The zero-order chi connectivity index (χ0) is 15.6. The van der Waals surface area contributed by atoms with Gasteiger partial charge in [-0.3, -0.25) is 10.1 Å². The van der Waals surface area contributed by atoms with E-state index in [0.717, 1.165) is 6.07 Å². The van der Waals surface area contributed by atoms with Crippen molar-refractivity contribution in [1.82, 2.24) is 0 Å². The molecule has 0 aliphatic rings. The first-order valence-electron chi connectivity index (χ1n) is 5.74. The van der Waals surface area contributed by atoms with Crippen molar-refractivity contribution in [3.8, 4) is 5.75 Å². The molecule has 0 saturated carbocycles. The Bertz CT molecular complexity index is 707. The number of anilines is 1. The van der Waals surface area contributed by atoms with Crippen molar-refractivity contribution in [2.45, 2.75) is 6.54 Å². The van der Waals surface area contributed by atoms with E-state index >= 15 is 0 Å². The van der Waals surface area contributed by atoms with Crippen LogP contribution >= 0.6 is 34.8 Å². The predicted octanol–water partition coefficient (Wildman–Crippen LogP) is 4.87. The van der Waals surface area contributed by atoms with Gasteiger partial charge in [0.15, 0.2) is 0 Å². The van der Waals surface area contributed by atoms with Crippen molar-refractivity contribution in [3.05, 3.63) is 61.1 Å². The number of halogens is 3. The van der Waals surface area contributed by atoms with Crippen molar-refractivity contribution in [2.24, 2.45) is 0 Å². The van der Waals surface area contributed by atoms with Crippen molar-refractivity contribution in [3.63, 3.8) is 0 Å². The third-order valence-electron chi connectivity index (χ3n) is 2.77. The molecule has 0 saturated heterocycles. The lowest BCUT2D eigenvalue weighted by Crippen LogP contribution is -2.04. The lowest BCUT2D eigenvalue weighted by Gasteiger charge is -2.11. The van der Waals surface area contributed by atoms with Crippen molar-refractivity contribution in [1.29, 1.82) is 0 Å². The number of nitrogens with one attached hydrogen (secondary N) is 1. The molecule has 2 rings (SSSR count). The van der Waals surface area contributed by atoms with Gasteiger partial charge in [0, 0.05) is 17.1 Å². The Kier molecular flexibility index (Phi) is 4.77. The van der Waals surface area contributed by atoms with Crippen molar-refractivity contribution in [2.75, 3.05) is 5.32 Å². The van der Waals surface area contributed by atoms with Crippen molar-refractivity contribution < 1.29 is 10.0 Å². The van der Waals surface area contributed by atoms with Crippen LogP contribution in [-0.4, -0.2) is 10.0 Å². The zero-order valence-electron chi connectivity index (χ0n) is 10.4. The predicted molar refractivity (Wildman–Crippen MR) is 83.6 cm³/mol. The maximum absolute atomic E-state index is 11.0. The number of benzene rings is 2. The monoisotopic (exact) mass is 346 g/mol. The summed E-state index contributed by atoms with van der Waals surface area (Å²) >= 11 is 18.0. The molecule has 2 N–H and O–H groups in total. The minimum atomic E-state index is -0.594.